The summed E-state index contributed by atoms with van der Waals surface area (Å²) in [6.07, 6.45) is 0.403. The number of carbonyl (C=O) groups is 2. The number of hydrogen-bond acceptors (Lipinski definition) is 9. The zero-order valence-corrected chi connectivity index (χ0v) is 22.9. The Morgan fingerprint density at radius 2 is 1.72 bits per heavy atom. The van der Waals surface area contributed by atoms with Gasteiger partial charge in [0, 0.05) is 5.02 Å². The number of anilines is 1. The fraction of sp³-hybridized carbons (Fsp3) is 0.192. The topological polar surface area (TPSA) is 133 Å². The third-order valence-electron chi connectivity index (χ3n) is 5.07. The molecule has 39 heavy (non-hydrogen) atoms. The molecule has 0 aromatic heterocycles. The summed E-state index contributed by atoms with van der Waals surface area (Å²) in [4.78, 5) is 24.2. The molecule has 0 spiro atoms. The molecular weight excluding hydrogens is 550 g/mol. The second-order valence-corrected chi connectivity index (χ2v) is 9.92. The molecule has 13 heteroatoms. The zero-order chi connectivity index (χ0) is 28.4. The number of rotatable bonds is 11. The van der Waals surface area contributed by atoms with E-state index in [2.05, 4.69) is 15.3 Å². The summed E-state index contributed by atoms with van der Waals surface area (Å²) in [5.41, 5.74) is 3.00. The highest BCUT2D eigenvalue weighted by atomic mass is 35.5. The first-order valence-electron chi connectivity index (χ1n) is 11.5. The lowest BCUT2D eigenvalue weighted by atomic mass is 10.2. The van der Waals surface area contributed by atoms with Crippen LogP contribution in [0.5, 0.6) is 17.2 Å². The molecule has 3 aromatic carbocycles. The number of halogens is 1. The van der Waals surface area contributed by atoms with Gasteiger partial charge in [-0.25, -0.2) is 18.6 Å². The van der Waals surface area contributed by atoms with Crippen molar-refractivity contribution in [1.82, 2.24) is 5.43 Å². The van der Waals surface area contributed by atoms with E-state index in [-0.39, 0.29) is 34.4 Å². The van der Waals surface area contributed by atoms with Gasteiger partial charge in [-0.2, -0.15) is 5.10 Å². The molecule has 0 saturated carbocycles. The van der Waals surface area contributed by atoms with Crippen molar-refractivity contribution in [3.63, 3.8) is 0 Å². The minimum absolute atomic E-state index is 0.0594. The number of nitrogens with one attached hydrogen (secondary N) is 1. The van der Waals surface area contributed by atoms with Gasteiger partial charge < -0.3 is 18.9 Å². The number of sulfonamides is 1. The van der Waals surface area contributed by atoms with Gasteiger partial charge in [-0.1, -0.05) is 23.7 Å². The number of hydrogen-bond donors (Lipinski definition) is 1. The number of benzene rings is 3. The van der Waals surface area contributed by atoms with Crippen LogP contribution in [0.25, 0.3) is 0 Å². The van der Waals surface area contributed by atoms with Crippen LogP contribution in [-0.2, 0) is 19.6 Å². The molecule has 0 atom stereocenters. The van der Waals surface area contributed by atoms with Gasteiger partial charge in [-0.05, 0) is 67.1 Å². The summed E-state index contributed by atoms with van der Waals surface area (Å²) in [7, 11) is -1.63. The van der Waals surface area contributed by atoms with Crippen LogP contribution in [0.2, 0.25) is 5.02 Å². The Morgan fingerprint density at radius 1 is 1.00 bits per heavy atom. The van der Waals surface area contributed by atoms with Gasteiger partial charge in [0.2, 0.25) is 0 Å². The van der Waals surface area contributed by atoms with E-state index < -0.39 is 28.6 Å². The molecule has 0 radical (unpaired) electrons. The van der Waals surface area contributed by atoms with Crippen LogP contribution < -0.4 is 23.9 Å². The zero-order valence-electron chi connectivity index (χ0n) is 21.3. The first-order valence-corrected chi connectivity index (χ1v) is 13.3. The predicted molar refractivity (Wildman–Crippen MR) is 145 cm³/mol. The molecule has 0 bridgehead atoms. The Balaban J connectivity index is 1.84. The number of ether oxygens (including phenoxy) is 4. The number of carbonyl (C=O) groups excluding carboxylic acids is 2. The third-order valence-corrected chi connectivity index (χ3v) is 7.10. The Kier molecular flexibility index (Phi) is 10.1. The van der Waals surface area contributed by atoms with Gasteiger partial charge in [0.15, 0.2) is 11.5 Å². The number of para-hydroxylation sites is 2. The summed E-state index contributed by atoms with van der Waals surface area (Å²) >= 11 is 5.93. The average Bonchev–Trinajstić information content (AvgIpc) is 2.93. The lowest BCUT2D eigenvalue weighted by Crippen LogP contribution is -2.39. The van der Waals surface area contributed by atoms with Crippen LogP contribution in [0.4, 0.5) is 10.5 Å². The second kappa shape index (κ2) is 13.5. The summed E-state index contributed by atoms with van der Waals surface area (Å²) in [5, 5.41) is 4.28. The minimum Gasteiger partial charge on any atom is -0.493 e. The third kappa shape index (κ3) is 7.62. The number of hydrazone groups is 1. The average molecular weight is 576 g/mol. The lowest BCUT2D eigenvalue weighted by Gasteiger charge is -2.25. The van der Waals surface area contributed by atoms with E-state index >= 15 is 0 Å². The van der Waals surface area contributed by atoms with Crippen molar-refractivity contribution in [3.8, 4) is 17.2 Å². The van der Waals surface area contributed by atoms with Crippen molar-refractivity contribution < 1.29 is 37.0 Å². The first-order chi connectivity index (χ1) is 18.7. The number of nitrogens with zero attached hydrogens (tertiary/aromatic N) is 2. The molecule has 11 nitrogen and oxygen atoms in total. The van der Waals surface area contributed by atoms with Crippen molar-refractivity contribution >= 4 is 45.6 Å². The fourth-order valence-electron chi connectivity index (χ4n) is 3.30. The summed E-state index contributed by atoms with van der Waals surface area (Å²) in [6.45, 7) is 1.45. The number of methoxy groups -OCH3 is 2. The maximum atomic E-state index is 13.6. The molecule has 0 aliphatic heterocycles. The van der Waals surface area contributed by atoms with Crippen molar-refractivity contribution in [3.05, 3.63) is 77.3 Å². The lowest BCUT2D eigenvalue weighted by molar-refractivity contribution is -0.119. The summed E-state index contributed by atoms with van der Waals surface area (Å²) < 4.78 is 48.4. The molecule has 1 amide bonds. The summed E-state index contributed by atoms with van der Waals surface area (Å²) in [5.74, 6) is -0.0760. The molecule has 0 aliphatic carbocycles. The van der Waals surface area contributed by atoms with Crippen molar-refractivity contribution in [2.24, 2.45) is 5.10 Å². The predicted octanol–water partition coefficient (Wildman–Crippen LogP) is 4.24. The van der Waals surface area contributed by atoms with E-state index in [0.29, 0.717) is 10.6 Å². The Hall–Kier alpha value is -4.29. The van der Waals surface area contributed by atoms with E-state index in [9.17, 15) is 18.0 Å². The van der Waals surface area contributed by atoms with E-state index in [1.54, 1.807) is 37.3 Å². The van der Waals surface area contributed by atoms with Gasteiger partial charge in [0.05, 0.1) is 37.6 Å². The molecule has 1 N–H and O–H groups in total. The van der Waals surface area contributed by atoms with Crippen molar-refractivity contribution in [1.29, 1.82) is 0 Å². The molecule has 206 valence electrons. The Bertz CT molecular complexity index is 1450. The van der Waals surface area contributed by atoms with Gasteiger partial charge >= 0.3 is 6.16 Å². The second-order valence-electron chi connectivity index (χ2n) is 7.63. The first kappa shape index (κ1) is 29.3. The van der Waals surface area contributed by atoms with Crippen LogP contribution in [0.3, 0.4) is 0 Å². The molecule has 0 saturated heterocycles. The molecule has 0 unspecified atom stereocenters. The van der Waals surface area contributed by atoms with Gasteiger partial charge in [-0.3, -0.25) is 9.10 Å². The molecule has 3 rings (SSSR count). The van der Waals surface area contributed by atoms with E-state index in [0.717, 1.165) is 4.31 Å². The number of amides is 1. The van der Waals surface area contributed by atoms with Gasteiger partial charge in [0.25, 0.3) is 15.9 Å². The maximum absolute atomic E-state index is 13.6. The molecular formula is C26H26ClN3O8S. The van der Waals surface area contributed by atoms with Crippen LogP contribution in [0, 0.1) is 0 Å². The van der Waals surface area contributed by atoms with Crippen molar-refractivity contribution in [2.75, 3.05) is 31.7 Å². The van der Waals surface area contributed by atoms with Gasteiger partial charge in [-0.15, -0.1) is 0 Å². The maximum Gasteiger partial charge on any atom is 0.513 e. The highest BCUT2D eigenvalue weighted by molar-refractivity contribution is 7.92. The fourth-order valence-corrected chi connectivity index (χ4v) is 4.86. The van der Waals surface area contributed by atoms with E-state index in [4.69, 9.17) is 25.8 Å². The van der Waals surface area contributed by atoms with E-state index in [1.807, 2.05) is 0 Å². The largest absolute Gasteiger partial charge is 0.513 e. The van der Waals surface area contributed by atoms with Crippen LogP contribution in [0.15, 0.2) is 76.7 Å². The highest BCUT2D eigenvalue weighted by Gasteiger charge is 2.29. The Morgan fingerprint density at radius 3 is 2.38 bits per heavy atom. The van der Waals surface area contributed by atoms with E-state index in [1.165, 1.54) is 56.8 Å². The SMILES string of the molecule is CCOc1ccccc1N(CC(=O)N/N=C\c1ccc(OC(=O)OC)c(OC)c1)S(=O)(=O)c1ccc(Cl)cc1. The molecule has 0 heterocycles. The molecule has 0 fully saturated rings. The Labute approximate surface area is 230 Å². The highest BCUT2D eigenvalue weighted by Crippen LogP contribution is 2.33. The normalized spacial score (nSPS) is 11.1. The smallest absolute Gasteiger partial charge is 0.493 e. The van der Waals surface area contributed by atoms with Crippen molar-refractivity contribution in [2.45, 2.75) is 11.8 Å². The quantitative estimate of drug-likeness (QED) is 0.155. The summed E-state index contributed by atoms with van der Waals surface area (Å²) in [6, 6.07) is 16.6. The standard InChI is InChI=1S/C26H26ClN3O8S/c1-4-37-22-8-6-5-7-21(22)30(39(33,34)20-12-10-19(27)11-13-20)17-25(31)29-28-16-18-9-14-23(24(15-18)35-2)38-26(32)36-3/h5-16H,4,17H2,1-3H3,(H,29,31)/b28-16-. The van der Waals surface area contributed by atoms with Gasteiger partial charge in [0.1, 0.15) is 12.3 Å². The van der Waals surface area contributed by atoms with Crippen LogP contribution >= 0.6 is 11.6 Å². The minimum atomic E-state index is -4.20. The molecule has 3 aromatic rings. The van der Waals surface area contributed by atoms with Crippen LogP contribution in [0.1, 0.15) is 12.5 Å². The van der Waals surface area contributed by atoms with Crippen LogP contribution in [-0.4, -0.2) is 54.1 Å². The molecule has 0 aliphatic rings. The monoisotopic (exact) mass is 575 g/mol.